The number of carbonyl (C=O) groups is 1. The average Bonchev–Trinajstić information content (AvgIpc) is 3.38. The molecule has 4 rings (SSSR count). The first kappa shape index (κ1) is 22.9. The molecule has 172 valence electrons. The summed E-state index contributed by atoms with van der Waals surface area (Å²) in [5.41, 5.74) is 2.53. The van der Waals surface area contributed by atoms with Gasteiger partial charge in [-0.2, -0.15) is 0 Å². The van der Waals surface area contributed by atoms with Crippen LogP contribution >= 0.6 is 11.3 Å². The molecule has 3 aromatic rings. The summed E-state index contributed by atoms with van der Waals surface area (Å²) >= 11 is 1.46. The Morgan fingerprint density at radius 3 is 2.76 bits per heavy atom. The number of fused-ring (bicyclic) bond motifs is 1. The molecule has 7 nitrogen and oxygen atoms in total. The van der Waals surface area contributed by atoms with Gasteiger partial charge in [-0.3, -0.25) is 10.2 Å². The van der Waals surface area contributed by atoms with Gasteiger partial charge in [-0.25, -0.2) is 4.98 Å². The van der Waals surface area contributed by atoms with E-state index in [0.717, 1.165) is 36.3 Å². The molecule has 0 spiro atoms. The van der Waals surface area contributed by atoms with Crippen molar-refractivity contribution < 1.29 is 9.90 Å². The number of hydrogen-bond donors (Lipinski definition) is 3. The summed E-state index contributed by atoms with van der Waals surface area (Å²) in [6, 6.07) is 15.0. The zero-order chi connectivity index (χ0) is 23.4. The second kappa shape index (κ2) is 10.1. The molecular formula is C25H29N5O2S. The van der Waals surface area contributed by atoms with Crippen molar-refractivity contribution in [1.82, 2.24) is 15.2 Å². The van der Waals surface area contributed by atoms with Crippen LogP contribution in [0.15, 0.2) is 54.3 Å². The molecular weight excluding hydrogens is 434 g/mol. The SMILES string of the molecule is CCN(CC)CCCNC(=O)c1cccc(N2CC(O)=C(c3nc4ccccc4s3)C2=N)c1. The highest BCUT2D eigenvalue weighted by atomic mass is 32.1. The van der Waals surface area contributed by atoms with Gasteiger partial charge in [0.05, 0.1) is 22.3 Å². The zero-order valence-corrected chi connectivity index (χ0v) is 19.8. The number of benzene rings is 2. The van der Waals surface area contributed by atoms with Gasteiger partial charge in [0.15, 0.2) is 0 Å². The topological polar surface area (TPSA) is 92.6 Å². The minimum Gasteiger partial charge on any atom is -0.510 e. The lowest BCUT2D eigenvalue weighted by molar-refractivity contribution is 0.0952. The minimum absolute atomic E-state index is 0.116. The normalized spacial score (nSPS) is 14.0. The molecule has 1 aromatic heterocycles. The predicted molar refractivity (Wildman–Crippen MR) is 135 cm³/mol. The van der Waals surface area contributed by atoms with Crippen LogP contribution < -0.4 is 10.2 Å². The standard InChI is InChI=1S/C25H29N5O2S/c1-3-29(4-2)14-8-13-27-24(32)17-9-7-10-18(15-17)30-16-20(31)22(23(30)26)25-28-19-11-5-6-12-21(19)33-25/h5-7,9-12,15,26,31H,3-4,8,13-14,16H2,1-2H3,(H,27,32). The van der Waals surface area contributed by atoms with Crippen molar-refractivity contribution in [3.63, 3.8) is 0 Å². The monoisotopic (exact) mass is 463 g/mol. The van der Waals surface area contributed by atoms with Crippen LogP contribution in [0.4, 0.5) is 5.69 Å². The summed E-state index contributed by atoms with van der Waals surface area (Å²) in [5, 5.41) is 23.0. The molecule has 0 fully saturated rings. The van der Waals surface area contributed by atoms with E-state index in [1.54, 1.807) is 23.1 Å². The molecule has 0 unspecified atom stereocenters. The number of aromatic nitrogens is 1. The largest absolute Gasteiger partial charge is 0.510 e. The van der Waals surface area contributed by atoms with E-state index < -0.39 is 0 Å². The fourth-order valence-electron chi connectivity index (χ4n) is 3.97. The van der Waals surface area contributed by atoms with Crippen molar-refractivity contribution in [3.8, 4) is 0 Å². The second-order valence-corrected chi connectivity index (χ2v) is 8.96. The first-order valence-electron chi connectivity index (χ1n) is 11.3. The first-order valence-corrected chi connectivity index (χ1v) is 12.1. The van der Waals surface area contributed by atoms with Crippen molar-refractivity contribution in [3.05, 3.63) is 64.9 Å². The maximum Gasteiger partial charge on any atom is 0.251 e. The quantitative estimate of drug-likeness (QED) is 0.406. The lowest BCUT2D eigenvalue weighted by Crippen LogP contribution is -2.30. The Hall–Kier alpha value is -3.23. The molecule has 3 N–H and O–H groups in total. The van der Waals surface area contributed by atoms with Crippen LogP contribution in [0.1, 0.15) is 35.6 Å². The van der Waals surface area contributed by atoms with E-state index in [4.69, 9.17) is 5.41 Å². The summed E-state index contributed by atoms with van der Waals surface area (Å²) in [6.07, 6.45) is 0.896. The third-order valence-corrected chi connectivity index (χ3v) is 6.92. The molecule has 2 heterocycles. The average molecular weight is 464 g/mol. The summed E-state index contributed by atoms with van der Waals surface area (Å²) in [7, 11) is 0. The number of rotatable bonds is 9. The van der Waals surface area contributed by atoms with Gasteiger partial charge in [-0.05, 0) is 56.4 Å². The van der Waals surface area contributed by atoms with Gasteiger partial charge in [0, 0.05) is 17.8 Å². The fraction of sp³-hybridized carbons (Fsp3) is 0.320. The van der Waals surface area contributed by atoms with Crippen LogP contribution in [0, 0.1) is 5.41 Å². The van der Waals surface area contributed by atoms with Gasteiger partial charge in [0.25, 0.3) is 5.91 Å². The number of aliphatic hydroxyl groups excluding tert-OH is 1. The Bertz CT molecular complexity index is 1170. The van der Waals surface area contributed by atoms with Crippen molar-refractivity contribution >= 4 is 44.6 Å². The number of hydrogen-bond acceptors (Lipinski definition) is 6. The summed E-state index contributed by atoms with van der Waals surface area (Å²) in [6.45, 7) is 8.04. The Balaban J connectivity index is 1.44. The number of nitrogens with zero attached hydrogens (tertiary/aromatic N) is 3. The van der Waals surface area contributed by atoms with Crippen LogP contribution in [-0.2, 0) is 0 Å². The Kier molecular flexibility index (Phi) is 7.05. The molecule has 0 aliphatic carbocycles. The zero-order valence-electron chi connectivity index (χ0n) is 19.0. The number of amides is 1. The van der Waals surface area contributed by atoms with Crippen LogP contribution in [-0.4, -0.2) is 59.5 Å². The lowest BCUT2D eigenvalue weighted by Gasteiger charge is -2.19. The molecule has 0 bridgehead atoms. The number of carbonyl (C=O) groups excluding carboxylic acids is 1. The van der Waals surface area contributed by atoms with E-state index in [2.05, 4.69) is 29.0 Å². The molecule has 1 aliphatic rings. The molecule has 0 radical (unpaired) electrons. The molecule has 0 saturated carbocycles. The van der Waals surface area contributed by atoms with Gasteiger partial charge in [0.2, 0.25) is 0 Å². The number of anilines is 1. The van der Waals surface area contributed by atoms with Gasteiger partial charge in [-0.15, -0.1) is 11.3 Å². The predicted octanol–water partition coefficient (Wildman–Crippen LogP) is 4.52. The van der Waals surface area contributed by atoms with Crippen molar-refractivity contribution in [2.75, 3.05) is 37.6 Å². The third-order valence-electron chi connectivity index (χ3n) is 5.86. The minimum atomic E-state index is -0.134. The molecule has 1 amide bonds. The number of aliphatic hydroxyl groups is 1. The molecule has 0 atom stereocenters. The van der Waals surface area contributed by atoms with Gasteiger partial charge in [0.1, 0.15) is 16.6 Å². The van der Waals surface area contributed by atoms with Crippen molar-refractivity contribution in [2.24, 2.45) is 0 Å². The Morgan fingerprint density at radius 2 is 2.00 bits per heavy atom. The number of nitrogens with one attached hydrogen (secondary N) is 2. The van der Waals surface area contributed by atoms with Gasteiger partial charge in [-0.1, -0.05) is 32.0 Å². The molecule has 0 saturated heterocycles. The number of thiazole rings is 1. The highest BCUT2D eigenvalue weighted by Gasteiger charge is 2.31. The van der Waals surface area contributed by atoms with E-state index in [-0.39, 0.29) is 24.0 Å². The van der Waals surface area contributed by atoms with Gasteiger partial charge < -0.3 is 20.2 Å². The van der Waals surface area contributed by atoms with Gasteiger partial charge >= 0.3 is 0 Å². The third kappa shape index (κ3) is 4.91. The Labute approximate surface area is 197 Å². The summed E-state index contributed by atoms with van der Waals surface area (Å²) in [5.74, 6) is 0.166. The fourth-order valence-corrected chi connectivity index (χ4v) is 5.00. The maximum atomic E-state index is 12.7. The van der Waals surface area contributed by atoms with Crippen molar-refractivity contribution in [1.29, 1.82) is 5.41 Å². The smallest absolute Gasteiger partial charge is 0.251 e. The van der Waals surface area contributed by atoms with Crippen LogP contribution in [0.2, 0.25) is 0 Å². The number of amidine groups is 1. The summed E-state index contributed by atoms with van der Waals surface area (Å²) < 4.78 is 1.01. The first-order chi connectivity index (χ1) is 16.0. The number of para-hydroxylation sites is 1. The van der Waals surface area contributed by atoms with E-state index >= 15 is 0 Å². The van der Waals surface area contributed by atoms with Crippen LogP contribution in [0.25, 0.3) is 15.8 Å². The highest BCUT2D eigenvalue weighted by Crippen LogP contribution is 2.35. The molecule has 33 heavy (non-hydrogen) atoms. The van der Waals surface area contributed by atoms with E-state index in [1.165, 1.54) is 11.3 Å². The van der Waals surface area contributed by atoms with E-state index in [1.807, 2.05) is 30.3 Å². The lowest BCUT2D eigenvalue weighted by atomic mass is 10.1. The second-order valence-electron chi connectivity index (χ2n) is 7.93. The molecule has 1 aliphatic heterocycles. The van der Waals surface area contributed by atoms with Crippen LogP contribution in [0.3, 0.4) is 0 Å². The molecule has 8 heteroatoms. The van der Waals surface area contributed by atoms with E-state index in [0.29, 0.717) is 28.4 Å². The maximum absolute atomic E-state index is 12.7. The van der Waals surface area contributed by atoms with E-state index in [9.17, 15) is 9.90 Å². The van der Waals surface area contributed by atoms with Crippen molar-refractivity contribution in [2.45, 2.75) is 20.3 Å². The van der Waals surface area contributed by atoms with Crippen LogP contribution in [0.5, 0.6) is 0 Å². The summed E-state index contributed by atoms with van der Waals surface area (Å²) in [4.78, 5) is 21.3. The highest BCUT2D eigenvalue weighted by molar-refractivity contribution is 7.19. The molecule has 2 aromatic carbocycles. The Morgan fingerprint density at radius 1 is 1.21 bits per heavy atom.